The predicted octanol–water partition coefficient (Wildman–Crippen LogP) is 3.82. The van der Waals surface area contributed by atoms with Crippen molar-refractivity contribution in [1.82, 2.24) is 25.5 Å². The Hall–Kier alpha value is -3.24. The average Bonchev–Trinajstić information content (AvgIpc) is 3.00. The van der Waals surface area contributed by atoms with Gasteiger partial charge in [0.2, 0.25) is 11.8 Å². The summed E-state index contributed by atoms with van der Waals surface area (Å²) in [5.74, 6) is 0.293. The molecule has 0 aliphatic carbocycles. The Labute approximate surface area is 255 Å². The van der Waals surface area contributed by atoms with Gasteiger partial charge in [0.1, 0.15) is 6.10 Å². The fraction of sp³-hybridized carbons (Fsp3) is 0.636. The van der Waals surface area contributed by atoms with E-state index in [9.17, 15) is 9.59 Å². The second-order valence-corrected chi connectivity index (χ2v) is 12.6. The predicted molar refractivity (Wildman–Crippen MR) is 167 cm³/mol. The van der Waals surface area contributed by atoms with Crippen molar-refractivity contribution in [3.8, 4) is 17.1 Å². The molecule has 3 saturated heterocycles. The summed E-state index contributed by atoms with van der Waals surface area (Å²) >= 11 is 0. The SMILES string of the molecule is CCN(c1cc(-c2cnc(OC3CCN(C)CC3)cn2)cc(C(=O)NCC2C(=O)NC(C)CC2C)c1C)C1CCOCC1. The van der Waals surface area contributed by atoms with Crippen molar-refractivity contribution in [2.45, 2.75) is 78.0 Å². The molecule has 3 aliphatic heterocycles. The number of hydrogen-bond acceptors (Lipinski definition) is 8. The number of rotatable bonds is 9. The van der Waals surface area contributed by atoms with E-state index in [1.54, 1.807) is 12.4 Å². The highest BCUT2D eigenvalue weighted by molar-refractivity contribution is 5.99. The van der Waals surface area contributed by atoms with Gasteiger partial charge in [0.15, 0.2) is 0 Å². The van der Waals surface area contributed by atoms with E-state index < -0.39 is 0 Å². The molecule has 3 atom stereocenters. The van der Waals surface area contributed by atoms with Crippen molar-refractivity contribution in [3.05, 3.63) is 35.7 Å². The van der Waals surface area contributed by atoms with Gasteiger partial charge in [-0.15, -0.1) is 0 Å². The van der Waals surface area contributed by atoms with E-state index in [0.717, 1.165) is 81.8 Å². The zero-order valence-electron chi connectivity index (χ0n) is 26.4. The monoisotopic (exact) mass is 592 g/mol. The second-order valence-electron chi connectivity index (χ2n) is 12.6. The lowest BCUT2D eigenvalue weighted by molar-refractivity contribution is -0.129. The third-order valence-corrected chi connectivity index (χ3v) is 9.40. The molecule has 0 bridgehead atoms. The molecular weight excluding hydrogens is 544 g/mol. The standard InChI is InChI=1S/C33H48N6O4/c1-6-39(25-9-13-42-14-10-25)30-17-24(29-19-35-31(20-34-29)43-26-7-11-38(5)12-8-26)16-27(23(30)4)32(40)36-18-28-21(2)15-22(3)37-33(28)41/h16-17,19-22,25-26,28H,6-15,18H2,1-5H3,(H,36,40)(H,37,41). The summed E-state index contributed by atoms with van der Waals surface area (Å²) < 4.78 is 11.8. The van der Waals surface area contributed by atoms with Crippen LogP contribution in [0.1, 0.15) is 68.8 Å². The van der Waals surface area contributed by atoms with E-state index in [1.807, 2.05) is 19.9 Å². The summed E-state index contributed by atoms with van der Waals surface area (Å²) in [6, 6.07) is 4.52. The quantitative estimate of drug-likeness (QED) is 0.453. The number of carbonyl (C=O) groups is 2. The van der Waals surface area contributed by atoms with Gasteiger partial charge in [-0.1, -0.05) is 6.92 Å². The van der Waals surface area contributed by atoms with Gasteiger partial charge in [-0.25, -0.2) is 9.97 Å². The molecule has 3 unspecified atom stereocenters. The molecule has 0 spiro atoms. The zero-order chi connectivity index (χ0) is 30.5. The fourth-order valence-electron chi connectivity index (χ4n) is 6.78. The number of ether oxygens (including phenoxy) is 2. The molecule has 43 heavy (non-hydrogen) atoms. The first kappa shape index (κ1) is 31.2. The smallest absolute Gasteiger partial charge is 0.251 e. The van der Waals surface area contributed by atoms with Gasteiger partial charge in [-0.3, -0.25) is 9.59 Å². The molecule has 2 aromatic rings. The number of anilines is 1. The van der Waals surface area contributed by atoms with E-state index in [-0.39, 0.29) is 35.8 Å². The molecule has 1 aromatic heterocycles. The number of likely N-dealkylation sites (tertiary alicyclic amines) is 1. The van der Waals surface area contributed by atoms with E-state index in [2.05, 4.69) is 52.4 Å². The Kier molecular flexibility index (Phi) is 10.2. The Bertz CT molecular complexity index is 1260. The number of carbonyl (C=O) groups excluding carboxylic acids is 2. The number of benzene rings is 1. The maximum Gasteiger partial charge on any atom is 0.251 e. The van der Waals surface area contributed by atoms with Crippen LogP contribution < -0.4 is 20.3 Å². The normalized spacial score (nSPS) is 23.9. The third-order valence-electron chi connectivity index (χ3n) is 9.40. The van der Waals surface area contributed by atoms with E-state index in [1.165, 1.54) is 0 Å². The van der Waals surface area contributed by atoms with Crippen molar-refractivity contribution in [2.24, 2.45) is 11.8 Å². The minimum Gasteiger partial charge on any atom is -0.473 e. The summed E-state index contributed by atoms with van der Waals surface area (Å²) in [5, 5.41) is 6.12. The van der Waals surface area contributed by atoms with Crippen molar-refractivity contribution < 1.29 is 19.1 Å². The van der Waals surface area contributed by atoms with Gasteiger partial charge < -0.3 is 29.9 Å². The van der Waals surface area contributed by atoms with Gasteiger partial charge in [0.25, 0.3) is 5.91 Å². The summed E-state index contributed by atoms with van der Waals surface area (Å²) in [4.78, 5) is 40.5. The average molecular weight is 593 g/mol. The third kappa shape index (κ3) is 7.47. The van der Waals surface area contributed by atoms with Gasteiger partial charge in [-0.05, 0) is 83.5 Å². The molecule has 3 aliphatic rings. The number of aromatic nitrogens is 2. The van der Waals surface area contributed by atoms with Crippen LogP contribution in [0.5, 0.6) is 5.88 Å². The molecule has 0 radical (unpaired) electrons. The molecule has 10 nitrogen and oxygen atoms in total. The highest BCUT2D eigenvalue weighted by atomic mass is 16.5. The van der Waals surface area contributed by atoms with Gasteiger partial charge in [0, 0.05) is 68.3 Å². The van der Waals surface area contributed by atoms with E-state index in [4.69, 9.17) is 14.5 Å². The Morgan fingerprint density at radius 2 is 1.88 bits per heavy atom. The molecule has 1 aromatic carbocycles. The van der Waals surface area contributed by atoms with Crippen LogP contribution in [0.25, 0.3) is 11.3 Å². The minimum absolute atomic E-state index is 0.00668. The lowest BCUT2D eigenvalue weighted by Crippen LogP contribution is -2.50. The molecule has 2 amide bonds. The Morgan fingerprint density at radius 1 is 1.14 bits per heavy atom. The summed E-state index contributed by atoms with van der Waals surface area (Å²) in [6.07, 6.45) is 8.29. The molecule has 0 saturated carbocycles. The molecule has 5 rings (SSSR count). The zero-order valence-corrected chi connectivity index (χ0v) is 26.4. The number of piperidine rings is 2. The Morgan fingerprint density at radius 3 is 2.53 bits per heavy atom. The van der Waals surface area contributed by atoms with Crippen LogP contribution in [0.3, 0.4) is 0 Å². The first-order chi connectivity index (χ1) is 20.7. The number of amides is 2. The first-order valence-corrected chi connectivity index (χ1v) is 16.0. The van der Waals surface area contributed by atoms with Gasteiger partial charge in [-0.2, -0.15) is 0 Å². The van der Waals surface area contributed by atoms with Crippen molar-refractivity contribution in [1.29, 1.82) is 0 Å². The molecular formula is C33H48N6O4. The largest absolute Gasteiger partial charge is 0.473 e. The van der Waals surface area contributed by atoms with Crippen LogP contribution in [0, 0.1) is 18.8 Å². The van der Waals surface area contributed by atoms with Crippen LogP contribution >= 0.6 is 0 Å². The molecule has 2 N–H and O–H groups in total. The lowest BCUT2D eigenvalue weighted by atomic mass is 9.84. The maximum atomic E-state index is 13.8. The van der Waals surface area contributed by atoms with Gasteiger partial charge >= 0.3 is 0 Å². The van der Waals surface area contributed by atoms with Crippen LogP contribution in [0.15, 0.2) is 24.5 Å². The summed E-state index contributed by atoms with van der Waals surface area (Å²) in [7, 11) is 2.13. The van der Waals surface area contributed by atoms with Gasteiger partial charge in [0.05, 0.1) is 24.0 Å². The summed E-state index contributed by atoms with van der Waals surface area (Å²) in [5.41, 5.74) is 4.03. The van der Waals surface area contributed by atoms with Crippen LogP contribution in [0.4, 0.5) is 5.69 Å². The Balaban J connectivity index is 1.41. The van der Waals surface area contributed by atoms with E-state index in [0.29, 0.717) is 29.7 Å². The first-order valence-electron chi connectivity index (χ1n) is 16.0. The van der Waals surface area contributed by atoms with Crippen LogP contribution in [-0.4, -0.2) is 91.3 Å². The highest BCUT2D eigenvalue weighted by Crippen LogP contribution is 2.34. The van der Waals surface area contributed by atoms with Crippen LogP contribution in [-0.2, 0) is 9.53 Å². The number of hydrogen-bond donors (Lipinski definition) is 2. The second kappa shape index (κ2) is 14.0. The number of nitrogens with one attached hydrogen (secondary N) is 2. The number of nitrogens with zero attached hydrogens (tertiary/aromatic N) is 4. The maximum absolute atomic E-state index is 13.8. The molecule has 234 valence electrons. The molecule has 10 heteroatoms. The van der Waals surface area contributed by atoms with Crippen molar-refractivity contribution in [2.75, 3.05) is 51.3 Å². The minimum atomic E-state index is -0.250. The van der Waals surface area contributed by atoms with Crippen molar-refractivity contribution >= 4 is 17.5 Å². The van der Waals surface area contributed by atoms with Crippen molar-refractivity contribution in [3.63, 3.8) is 0 Å². The summed E-state index contributed by atoms with van der Waals surface area (Å²) in [6.45, 7) is 12.9. The lowest BCUT2D eigenvalue weighted by Gasteiger charge is -2.37. The molecule has 4 heterocycles. The molecule has 3 fully saturated rings. The topological polar surface area (TPSA) is 109 Å². The highest BCUT2D eigenvalue weighted by Gasteiger charge is 2.33. The van der Waals surface area contributed by atoms with Crippen LogP contribution in [0.2, 0.25) is 0 Å². The van der Waals surface area contributed by atoms with E-state index >= 15 is 0 Å². The fourth-order valence-corrected chi connectivity index (χ4v) is 6.78.